The number of carbonyl (C=O) groups is 2. The Labute approximate surface area is 99.5 Å². The molecular weight excluding hydrogens is 222 g/mol. The molecule has 2 bridgehead atoms. The Kier molecular flexibility index (Phi) is 3.47. The number of aliphatic hydroxyl groups is 1. The van der Waals surface area contributed by atoms with Gasteiger partial charge in [-0.1, -0.05) is 12.2 Å². The van der Waals surface area contributed by atoms with Gasteiger partial charge >= 0.3 is 5.97 Å². The van der Waals surface area contributed by atoms with E-state index >= 15 is 0 Å². The fourth-order valence-corrected chi connectivity index (χ4v) is 2.75. The molecule has 0 aromatic heterocycles. The Bertz CT molecular complexity index is 352. The maximum absolute atomic E-state index is 11.9. The largest absolute Gasteiger partial charge is 0.480 e. The van der Waals surface area contributed by atoms with Crippen LogP contribution < -0.4 is 5.32 Å². The summed E-state index contributed by atoms with van der Waals surface area (Å²) in [6.07, 6.45) is 6.07. The normalized spacial score (nSPS) is 31.5. The van der Waals surface area contributed by atoms with Crippen molar-refractivity contribution in [2.45, 2.75) is 25.3 Å². The molecule has 5 heteroatoms. The molecule has 3 unspecified atom stereocenters. The first-order valence-electron chi connectivity index (χ1n) is 5.94. The number of carboxylic acids is 1. The molecular formula is C12H17NO4. The first kappa shape index (κ1) is 12.1. The van der Waals surface area contributed by atoms with Gasteiger partial charge in [0.05, 0.1) is 0 Å². The van der Waals surface area contributed by atoms with E-state index in [9.17, 15) is 9.59 Å². The van der Waals surface area contributed by atoms with Gasteiger partial charge < -0.3 is 15.5 Å². The van der Waals surface area contributed by atoms with Crippen LogP contribution in [-0.2, 0) is 9.59 Å². The van der Waals surface area contributed by atoms with E-state index in [0.29, 0.717) is 5.92 Å². The Hall–Kier alpha value is -1.36. The third kappa shape index (κ3) is 2.49. The molecule has 2 aliphatic carbocycles. The van der Waals surface area contributed by atoms with Crippen LogP contribution in [0.5, 0.6) is 0 Å². The second-order valence-electron chi connectivity index (χ2n) is 4.80. The average molecular weight is 239 g/mol. The lowest BCUT2D eigenvalue weighted by atomic mass is 9.92. The molecule has 5 nitrogen and oxygen atoms in total. The summed E-state index contributed by atoms with van der Waals surface area (Å²) in [6, 6.07) is -0.976. The number of hydrogen-bond acceptors (Lipinski definition) is 3. The summed E-state index contributed by atoms with van der Waals surface area (Å²) in [4.78, 5) is 22.8. The molecule has 0 spiro atoms. The van der Waals surface area contributed by atoms with Gasteiger partial charge in [-0.15, -0.1) is 0 Å². The Morgan fingerprint density at radius 2 is 2.12 bits per heavy atom. The van der Waals surface area contributed by atoms with E-state index in [1.54, 1.807) is 0 Å². The predicted octanol–water partition coefficient (Wildman–Crippen LogP) is 0.150. The molecule has 94 valence electrons. The van der Waals surface area contributed by atoms with E-state index in [-0.39, 0.29) is 30.8 Å². The minimum absolute atomic E-state index is 0.0533. The molecule has 1 saturated carbocycles. The number of aliphatic hydroxyl groups excluding tert-OH is 1. The van der Waals surface area contributed by atoms with Gasteiger partial charge in [0.25, 0.3) is 0 Å². The Morgan fingerprint density at radius 3 is 2.59 bits per heavy atom. The summed E-state index contributed by atoms with van der Waals surface area (Å²) in [7, 11) is 0. The summed E-state index contributed by atoms with van der Waals surface area (Å²) in [5.41, 5.74) is 0. The number of carbonyl (C=O) groups excluding carboxylic acids is 1. The highest BCUT2D eigenvalue weighted by Gasteiger charge is 2.40. The number of aliphatic carboxylic acids is 1. The van der Waals surface area contributed by atoms with Gasteiger partial charge in [-0.05, 0) is 24.7 Å². The van der Waals surface area contributed by atoms with Crippen molar-refractivity contribution in [2.75, 3.05) is 6.61 Å². The molecule has 1 fully saturated rings. The van der Waals surface area contributed by atoms with Crippen molar-refractivity contribution in [3.8, 4) is 0 Å². The van der Waals surface area contributed by atoms with Crippen molar-refractivity contribution in [3.63, 3.8) is 0 Å². The molecule has 2 rings (SSSR count). The Balaban J connectivity index is 1.92. The zero-order chi connectivity index (χ0) is 12.4. The van der Waals surface area contributed by atoms with Gasteiger partial charge in [-0.2, -0.15) is 0 Å². The minimum Gasteiger partial charge on any atom is -0.480 e. The summed E-state index contributed by atoms with van der Waals surface area (Å²) >= 11 is 0. The summed E-state index contributed by atoms with van der Waals surface area (Å²) < 4.78 is 0. The quantitative estimate of drug-likeness (QED) is 0.596. The van der Waals surface area contributed by atoms with Crippen LogP contribution in [0.15, 0.2) is 12.2 Å². The highest BCUT2D eigenvalue weighted by atomic mass is 16.4. The minimum atomic E-state index is -1.09. The number of allylic oxidation sites excluding steroid dienone is 2. The molecule has 4 atom stereocenters. The van der Waals surface area contributed by atoms with Crippen LogP contribution in [0.4, 0.5) is 0 Å². The number of rotatable bonds is 5. The predicted molar refractivity (Wildman–Crippen MR) is 60.1 cm³/mol. The van der Waals surface area contributed by atoms with Gasteiger partial charge in [-0.3, -0.25) is 4.79 Å². The fraction of sp³-hybridized carbons (Fsp3) is 0.667. The maximum Gasteiger partial charge on any atom is 0.326 e. The Morgan fingerprint density at radius 1 is 1.35 bits per heavy atom. The zero-order valence-electron chi connectivity index (χ0n) is 9.50. The number of hydrogen-bond donors (Lipinski definition) is 3. The SMILES string of the molecule is O=C(N[C@H](CCO)C(=O)O)C1CC2C=CC1C2. The maximum atomic E-state index is 11.9. The van der Waals surface area contributed by atoms with Gasteiger partial charge in [0, 0.05) is 18.9 Å². The second-order valence-corrected chi connectivity index (χ2v) is 4.80. The van der Waals surface area contributed by atoms with Gasteiger partial charge in [0.15, 0.2) is 0 Å². The van der Waals surface area contributed by atoms with Crippen LogP contribution >= 0.6 is 0 Å². The first-order chi connectivity index (χ1) is 8.11. The van der Waals surface area contributed by atoms with Gasteiger partial charge in [0.2, 0.25) is 5.91 Å². The van der Waals surface area contributed by atoms with Crippen LogP contribution in [-0.4, -0.2) is 34.7 Å². The van der Waals surface area contributed by atoms with Crippen molar-refractivity contribution in [1.82, 2.24) is 5.32 Å². The molecule has 0 heterocycles. The molecule has 0 aromatic carbocycles. The summed E-state index contributed by atoms with van der Waals surface area (Å²) in [6.45, 7) is -0.242. The van der Waals surface area contributed by atoms with E-state index < -0.39 is 12.0 Å². The number of nitrogens with one attached hydrogen (secondary N) is 1. The average Bonchev–Trinajstić information content (AvgIpc) is 2.89. The smallest absolute Gasteiger partial charge is 0.326 e. The molecule has 0 aromatic rings. The molecule has 2 aliphatic rings. The molecule has 17 heavy (non-hydrogen) atoms. The summed E-state index contributed by atoms with van der Waals surface area (Å²) in [5, 5.41) is 20.1. The van der Waals surface area contributed by atoms with Crippen LogP contribution in [0.25, 0.3) is 0 Å². The highest BCUT2D eigenvalue weighted by Crippen LogP contribution is 2.43. The van der Waals surface area contributed by atoms with Crippen molar-refractivity contribution in [1.29, 1.82) is 0 Å². The summed E-state index contributed by atoms with van der Waals surface area (Å²) in [5.74, 6) is -0.625. The van der Waals surface area contributed by atoms with Crippen LogP contribution in [0.2, 0.25) is 0 Å². The fourth-order valence-electron chi connectivity index (χ4n) is 2.75. The van der Waals surface area contributed by atoms with E-state index in [4.69, 9.17) is 10.2 Å². The number of amides is 1. The molecule has 1 amide bonds. The number of carboxylic acid groups (broad SMARTS) is 1. The van der Waals surface area contributed by atoms with Crippen LogP contribution in [0.3, 0.4) is 0 Å². The van der Waals surface area contributed by atoms with E-state index in [1.165, 1.54) is 0 Å². The lowest BCUT2D eigenvalue weighted by Gasteiger charge is -2.20. The van der Waals surface area contributed by atoms with Crippen LogP contribution in [0.1, 0.15) is 19.3 Å². The van der Waals surface area contributed by atoms with Crippen molar-refractivity contribution < 1.29 is 19.8 Å². The van der Waals surface area contributed by atoms with E-state index in [2.05, 4.69) is 17.5 Å². The first-order valence-corrected chi connectivity index (χ1v) is 5.94. The third-order valence-corrected chi connectivity index (χ3v) is 3.65. The molecule has 3 N–H and O–H groups in total. The van der Waals surface area contributed by atoms with Crippen LogP contribution in [0, 0.1) is 17.8 Å². The highest BCUT2D eigenvalue weighted by molar-refractivity contribution is 5.85. The lowest BCUT2D eigenvalue weighted by molar-refractivity contribution is -0.143. The van der Waals surface area contributed by atoms with Crippen molar-refractivity contribution in [3.05, 3.63) is 12.2 Å². The topological polar surface area (TPSA) is 86.6 Å². The second kappa shape index (κ2) is 4.87. The van der Waals surface area contributed by atoms with E-state index in [1.807, 2.05) is 0 Å². The number of fused-ring (bicyclic) bond motifs is 2. The van der Waals surface area contributed by atoms with E-state index in [0.717, 1.165) is 12.8 Å². The zero-order valence-corrected chi connectivity index (χ0v) is 9.50. The van der Waals surface area contributed by atoms with Gasteiger partial charge in [0.1, 0.15) is 6.04 Å². The molecule has 0 aliphatic heterocycles. The standard InChI is InChI=1S/C12H17NO4/c14-4-3-10(12(16)17)13-11(15)9-6-7-1-2-8(9)5-7/h1-2,7-10,14H,3-6H2,(H,13,15)(H,16,17)/t7?,8?,9?,10-/m1/s1. The monoisotopic (exact) mass is 239 g/mol. The lowest BCUT2D eigenvalue weighted by Crippen LogP contribution is -2.44. The molecule has 0 radical (unpaired) electrons. The third-order valence-electron chi connectivity index (χ3n) is 3.65. The molecule has 0 saturated heterocycles. The van der Waals surface area contributed by atoms with Gasteiger partial charge in [-0.25, -0.2) is 4.79 Å². The van der Waals surface area contributed by atoms with Crippen molar-refractivity contribution >= 4 is 11.9 Å². The van der Waals surface area contributed by atoms with Crippen molar-refractivity contribution in [2.24, 2.45) is 17.8 Å².